The Hall–Kier alpha value is -1.41. The van der Waals surface area contributed by atoms with Gasteiger partial charge < -0.3 is 15.4 Å². The van der Waals surface area contributed by atoms with Crippen LogP contribution < -0.4 is 10.6 Å². The van der Waals surface area contributed by atoms with Crippen molar-refractivity contribution in [3.8, 4) is 0 Å². The van der Waals surface area contributed by atoms with Crippen molar-refractivity contribution in [3.05, 3.63) is 57.0 Å². The summed E-state index contributed by atoms with van der Waals surface area (Å²) in [5.41, 5.74) is 1.83. The highest BCUT2D eigenvalue weighted by Gasteiger charge is 2.41. The lowest BCUT2D eigenvalue weighted by atomic mass is 9.86. The summed E-state index contributed by atoms with van der Waals surface area (Å²) in [5.74, 6) is 1.41. The van der Waals surface area contributed by atoms with Crippen molar-refractivity contribution in [1.29, 1.82) is 0 Å². The molecule has 1 amide bonds. The molecule has 0 unspecified atom stereocenters. The SMILES string of the molecule is O=C(NCCCSCc1ccccc1F)c1cc2c(s1)C1(CCNCC1)OCC2. The predicted molar refractivity (Wildman–Crippen MR) is 117 cm³/mol. The van der Waals surface area contributed by atoms with E-state index in [0.717, 1.165) is 61.6 Å². The summed E-state index contributed by atoms with van der Waals surface area (Å²) in [7, 11) is 0. The Morgan fingerprint density at radius 1 is 1.31 bits per heavy atom. The van der Waals surface area contributed by atoms with Crippen LogP contribution in [0.3, 0.4) is 0 Å². The number of amides is 1. The first-order chi connectivity index (χ1) is 14.2. The molecule has 0 saturated carbocycles. The van der Waals surface area contributed by atoms with Gasteiger partial charge >= 0.3 is 0 Å². The van der Waals surface area contributed by atoms with E-state index in [1.54, 1.807) is 29.2 Å². The van der Waals surface area contributed by atoms with Crippen LogP contribution >= 0.6 is 23.1 Å². The number of carbonyl (C=O) groups is 1. The highest BCUT2D eigenvalue weighted by atomic mass is 32.2. The van der Waals surface area contributed by atoms with Gasteiger partial charge in [0.1, 0.15) is 11.4 Å². The summed E-state index contributed by atoms with van der Waals surface area (Å²) in [6, 6.07) is 8.95. The summed E-state index contributed by atoms with van der Waals surface area (Å²) in [6.45, 7) is 3.30. The number of hydrogen-bond donors (Lipinski definition) is 2. The Bertz CT molecular complexity index is 849. The largest absolute Gasteiger partial charge is 0.369 e. The molecule has 156 valence electrons. The van der Waals surface area contributed by atoms with Crippen LogP contribution in [-0.2, 0) is 22.5 Å². The van der Waals surface area contributed by atoms with E-state index >= 15 is 0 Å². The Morgan fingerprint density at radius 2 is 2.14 bits per heavy atom. The molecule has 0 radical (unpaired) electrons. The summed E-state index contributed by atoms with van der Waals surface area (Å²) < 4.78 is 19.8. The first kappa shape index (κ1) is 20.8. The van der Waals surface area contributed by atoms with Crippen molar-refractivity contribution in [2.45, 2.75) is 37.0 Å². The van der Waals surface area contributed by atoms with Gasteiger partial charge in [-0.05, 0) is 67.8 Å². The average Bonchev–Trinajstić information content (AvgIpc) is 3.19. The first-order valence-electron chi connectivity index (χ1n) is 10.3. The fraction of sp³-hybridized carbons (Fsp3) is 0.500. The number of piperidine rings is 1. The van der Waals surface area contributed by atoms with E-state index < -0.39 is 0 Å². The van der Waals surface area contributed by atoms with Gasteiger partial charge in [0.2, 0.25) is 0 Å². The van der Waals surface area contributed by atoms with Crippen molar-refractivity contribution < 1.29 is 13.9 Å². The van der Waals surface area contributed by atoms with Crippen molar-refractivity contribution in [2.24, 2.45) is 0 Å². The fourth-order valence-electron chi connectivity index (χ4n) is 4.00. The van der Waals surface area contributed by atoms with Crippen molar-refractivity contribution in [3.63, 3.8) is 0 Å². The molecule has 4 rings (SSSR count). The molecule has 1 spiro atoms. The van der Waals surface area contributed by atoms with Gasteiger partial charge in [-0.2, -0.15) is 11.8 Å². The molecular weight excluding hydrogens is 407 g/mol. The minimum atomic E-state index is -0.189. The first-order valence-corrected chi connectivity index (χ1v) is 12.2. The van der Waals surface area contributed by atoms with Crippen molar-refractivity contribution >= 4 is 29.0 Å². The molecule has 0 atom stereocenters. The second-order valence-corrected chi connectivity index (χ2v) is 9.72. The maximum absolute atomic E-state index is 13.6. The van der Waals surface area contributed by atoms with Gasteiger partial charge in [0.15, 0.2) is 0 Å². The molecule has 1 fully saturated rings. The standard InChI is InChI=1S/C22H27FN2O2S2/c23-18-5-2-1-4-17(18)15-28-13-3-9-25-21(26)19-14-16-6-12-27-22(20(16)29-19)7-10-24-11-8-22/h1-2,4-5,14,24H,3,6-13,15H2,(H,25,26). The molecule has 3 heterocycles. The van der Waals surface area contributed by atoms with Gasteiger partial charge in [-0.1, -0.05) is 18.2 Å². The average molecular weight is 435 g/mol. The fourth-order valence-corrected chi connectivity index (χ4v) is 6.27. The molecule has 0 bridgehead atoms. The van der Waals surface area contributed by atoms with Gasteiger partial charge in [-0.15, -0.1) is 11.3 Å². The smallest absolute Gasteiger partial charge is 0.261 e. The molecule has 2 aliphatic heterocycles. The molecule has 2 aromatic rings. The molecule has 2 N–H and O–H groups in total. The maximum Gasteiger partial charge on any atom is 0.261 e. The van der Waals surface area contributed by atoms with Crippen LogP contribution in [0.5, 0.6) is 0 Å². The van der Waals surface area contributed by atoms with Crippen LogP contribution in [0.1, 0.15) is 44.9 Å². The topological polar surface area (TPSA) is 50.4 Å². The number of halogens is 1. The zero-order chi connectivity index (χ0) is 20.1. The van der Waals surface area contributed by atoms with Crippen LogP contribution in [0.4, 0.5) is 4.39 Å². The van der Waals surface area contributed by atoms with E-state index in [1.165, 1.54) is 16.5 Å². The second kappa shape index (κ2) is 9.60. The number of ether oxygens (including phenoxy) is 1. The molecule has 7 heteroatoms. The number of hydrogen-bond acceptors (Lipinski definition) is 5. The van der Waals surface area contributed by atoms with Crippen LogP contribution in [0, 0.1) is 5.82 Å². The van der Waals surface area contributed by atoms with Crippen molar-refractivity contribution in [2.75, 3.05) is 32.0 Å². The highest BCUT2D eigenvalue weighted by molar-refractivity contribution is 7.98. The van der Waals surface area contributed by atoms with E-state index in [4.69, 9.17) is 4.74 Å². The maximum atomic E-state index is 13.6. The van der Waals surface area contributed by atoms with Gasteiger partial charge in [0, 0.05) is 17.2 Å². The summed E-state index contributed by atoms with van der Waals surface area (Å²) in [4.78, 5) is 14.7. The molecule has 1 saturated heterocycles. The van der Waals surface area contributed by atoms with E-state index in [0.29, 0.717) is 12.3 Å². The Kier molecular flexibility index (Phi) is 6.90. The highest BCUT2D eigenvalue weighted by Crippen LogP contribution is 2.44. The number of rotatable bonds is 7. The number of thioether (sulfide) groups is 1. The molecule has 1 aromatic heterocycles. The second-order valence-electron chi connectivity index (χ2n) is 7.56. The molecule has 4 nitrogen and oxygen atoms in total. The minimum Gasteiger partial charge on any atom is -0.369 e. The lowest BCUT2D eigenvalue weighted by molar-refractivity contribution is -0.0771. The molecule has 0 aliphatic carbocycles. The third-order valence-corrected chi connectivity index (χ3v) is 8.03. The van der Waals surface area contributed by atoms with Gasteiger partial charge in [0.05, 0.1) is 11.5 Å². The van der Waals surface area contributed by atoms with Crippen molar-refractivity contribution in [1.82, 2.24) is 10.6 Å². The van der Waals surface area contributed by atoms with E-state index in [2.05, 4.69) is 16.7 Å². The quantitative estimate of drug-likeness (QED) is 0.645. The third kappa shape index (κ3) is 4.85. The monoisotopic (exact) mass is 434 g/mol. The zero-order valence-corrected chi connectivity index (χ0v) is 18.1. The number of nitrogens with one attached hydrogen (secondary N) is 2. The van der Waals surface area contributed by atoms with Crippen LogP contribution in [-0.4, -0.2) is 37.9 Å². The summed E-state index contributed by atoms with van der Waals surface area (Å²) >= 11 is 3.30. The van der Waals surface area contributed by atoms with Crippen LogP contribution in [0.25, 0.3) is 0 Å². The van der Waals surface area contributed by atoms with Crippen LogP contribution in [0.2, 0.25) is 0 Å². The zero-order valence-electron chi connectivity index (χ0n) is 16.5. The Balaban J connectivity index is 1.25. The number of carbonyl (C=O) groups excluding carboxylic acids is 1. The third-order valence-electron chi connectivity index (χ3n) is 5.57. The van der Waals surface area contributed by atoms with Gasteiger partial charge in [-0.25, -0.2) is 4.39 Å². The number of thiophene rings is 1. The molecular formula is C22H27FN2O2S2. The predicted octanol–water partition coefficient (Wildman–Crippen LogP) is 4.09. The van der Waals surface area contributed by atoms with E-state index in [1.807, 2.05) is 12.1 Å². The Morgan fingerprint density at radius 3 is 2.97 bits per heavy atom. The van der Waals surface area contributed by atoms with E-state index in [-0.39, 0.29) is 17.3 Å². The Labute approximate surface area is 179 Å². The van der Waals surface area contributed by atoms with E-state index in [9.17, 15) is 9.18 Å². The minimum absolute atomic E-state index is 0.00703. The molecule has 2 aliphatic rings. The lowest BCUT2D eigenvalue weighted by Crippen LogP contribution is -2.43. The molecule has 29 heavy (non-hydrogen) atoms. The number of fused-ring (bicyclic) bond motifs is 2. The van der Waals surface area contributed by atoms with Gasteiger partial charge in [-0.3, -0.25) is 4.79 Å². The number of benzene rings is 1. The van der Waals surface area contributed by atoms with Gasteiger partial charge in [0.25, 0.3) is 5.91 Å². The van der Waals surface area contributed by atoms with Crippen LogP contribution in [0.15, 0.2) is 30.3 Å². The summed E-state index contributed by atoms with van der Waals surface area (Å²) in [5, 5.41) is 6.44. The molecule has 1 aromatic carbocycles. The normalized spacial score (nSPS) is 17.8. The summed E-state index contributed by atoms with van der Waals surface area (Å²) in [6.07, 6.45) is 3.71. The lowest BCUT2D eigenvalue weighted by Gasteiger charge is -2.40.